The number of benzene rings is 1. The molecule has 3 fully saturated rings. The highest BCUT2D eigenvalue weighted by atomic mass is 35.5. The Kier molecular flexibility index (Phi) is 11.9. The normalized spacial score (nSPS) is 23.6. The number of aromatic amines is 2. The summed E-state index contributed by atoms with van der Waals surface area (Å²) in [5, 5.41) is 0. The maximum atomic E-state index is 6.49. The molecule has 3 aliphatic rings. The van der Waals surface area contributed by atoms with Gasteiger partial charge in [0.2, 0.25) is 0 Å². The van der Waals surface area contributed by atoms with E-state index in [4.69, 9.17) is 16.5 Å². The van der Waals surface area contributed by atoms with E-state index in [9.17, 15) is 0 Å². The van der Waals surface area contributed by atoms with Gasteiger partial charge in [0.15, 0.2) is 0 Å². The van der Waals surface area contributed by atoms with Gasteiger partial charge in [-0.1, -0.05) is 65.8 Å². The Labute approximate surface area is 264 Å². The van der Waals surface area contributed by atoms with Crippen LogP contribution in [0.5, 0.6) is 0 Å². The predicted molar refractivity (Wildman–Crippen MR) is 175 cm³/mol. The van der Waals surface area contributed by atoms with Crippen molar-refractivity contribution in [3.63, 3.8) is 0 Å². The van der Waals surface area contributed by atoms with Crippen LogP contribution in [0.4, 0.5) is 0 Å². The molecule has 40 heavy (non-hydrogen) atoms. The van der Waals surface area contributed by atoms with Crippen LogP contribution >= 0.6 is 49.6 Å². The fraction of sp³-hybridized carbons (Fsp3) is 0.600. The Morgan fingerprint density at radius 1 is 0.650 bits per heavy atom. The van der Waals surface area contributed by atoms with Crippen LogP contribution in [-0.4, -0.2) is 19.9 Å². The van der Waals surface area contributed by atoms with Crippen LogP contribution in [0.25, 0.3) is 11.3 Å². The average Bonchev–Trinajstić information content (AvgIpc) is 3.54. The number of hydrogen-bond donors (Lipinski definition) is 4. The molecule has 0 aliphatic heterocycles. The molecule has 3 aliphatic carbocycles. The van der Waals surface area contributed by atoms with Crippen molar-refractivity contribution in [1.82, 2.24) is 19.9 Å². The lowest BCUT2D eigenvalue weighted by molar-refractivity contribution is 0.0988. The van der Waals surface area contributed by atoms with Gasteiger partial charge in [0.25, 0.3) is 0 Å². The van der Waals surface area contributed by atoms with Crippen LogP contribution in [0.2, 0.25) is 0 Å². The van der Waals surface area contributed by atoms with E-state index >= 15 is 0 Å². The lowest BCUT2D eigenvalue weighted by Crippen LogP contribution is -2.46. The van der Waals surface area contributed by atoms with E-state index in [1.165, 1.54) is 49.8 Å². The monoisotopic (exact) mass is 632 g/mol. The molecule has 6 nitrogen and oxygen atoms in total. The Bertz CT molecular complexity index is 1200. The highest BCUT2D eigenvalue weighted by molar-refractivity contribution is 5.86. The number of rotatable bonds is 5. The lowest BCUT2D eigenvalue weighted by atomic mass is 9.51. The molecule has 10 heteroatoms. The third-order valence-electron chi connectivity index (χ3n) is 9.27. The summed E-state index contributed by atoms with van der Waals surface area (Å²) in [4.78, 5) is 16.4. The van der Waals surface area contributed by atoms with Crippen LogP contribution < -0.4 is 11.5 Å². The first-order valence-corrected chi connectivity index (χ1v) is 13.6. The van der Waals surface area contributed by atoms with Crippen molar-refractivity contribution in [2.24, 2.45) is 22.3 Å². The third kappa shape index (κ3) is 6.68. The highest BCUT2D eigenvalue weighted by Gasteiger charge is 2.50. The third-order valence-corrected chi connectivity index (χ3v) is 9.27. The van der Waals surface area contributed by atoms with Gasteiger partial charge in [-0.15, -0.1) is 49.6 Å². The first-order valence-electron chi connectivity index (χ1n) is 13.6. The standard InChI is InChI=1S/C30H44N6.4ClH/c1-27(2,3)23(31)25-33-17-21(35-25)19-7-9-20(10-8-19)29-11-14-30(15-12-29,16-13-29)22-18-34-26(36-22)24(32)28(4,5)6;;;;/h7-10,17-18,23-24H,11-16,31-32H2,1-6H3,(H,33,35)(H,34,36);4*1H/t23-,24-,29?,30?;;;;/m1..../s1. The first kappa shape index (κ1) is 36.7. The van der Waals surface area contributed by atoms with Gasteiger partial charge in [-0.3, -0.25) is 0 Å². The highest BCUT2D eigenvalue weighted by Crippen LogP contribution is 2.58. The molecule has 0 saturated heterocycles. The molecule has 6 N–H and O–H groups in total. The van der Waals surface area contributed by atoms with Gasteiger partial charge in [-0.25, -0.2) is 9.97 Å². The number of imidazole rings is 2. The SMILES string of the molecule is CC(C)(C)[C@H](N)c1ncc(-c2ccc(C34CCC(c5cnc([C@@H](N)C(C)(C)C)[nH]5)(CC3)CC4)cc2)[nH]1.Cl.Cl.Cl.Cl. The van der Waals surface area contributed by atoms with Crippen LogP contribution in [0.3, 0.4) is 0 Å². The van der Waals surface area contributed by atoms with Gasteiger partial charge in [-0.05, 0) is 65.9 Å². The minimum Gasteiger partial charge on any atom is -0.344 e. The summed E-state index contributed by atoms with van der Waals surface area (Å²) in [6.07, 6.45) is 11.3. The molecule has 226 valence electrons. The molecule has 2 heterocycles. The van der Waals surface area contributed by atoms with Gasteiger partial charge in [0.1, 0.15) is 11.6 Å². The smallest absolute Gasteiger partial charge is 0.124 e. The summed E-state index contributed by atoms with van der Waals surface area (Å²) in [6.45, 7) is 12.9. The summed E-state index contributed by atoms with van der Waals surface area (Å²) in [5.74, 6) is 1.77. The summed E-state index contributed by atoms with van der Waals surface area (Å²) in [7, 11) is 0. The van der Waals surface area contributed by atoms with E-state index in [2.05, 4.69) is 87.0 Å². The quantitative estimate of drug-likeness (QED) is 0.227. The molecule has 3 aromatic rings. The largest absolute Gasteiger partial charge is 0.344 e. The molecule has 2 aromatic heterocycles. The number of nitrogens with zero attached hydrogens (tertiary/aromatic N) is 2. The number of halogens is 4. The Morgan fingerprint density at radius 2 is 1.07 bits per heavy atom. The zero-order valence-corrected chi connectivity index (χ0v) is 27.8. The molecular weight excluding hydrogens is 586 g/mol. The molecule has 0 unspecified atom stereocenters. The van der Waals surface area contributed by atoms with E-state index < -0.39 is 0 Å². The topological polar surface area (TPSA) is 109 Å². The van der Waals surface area contributed by atoms with Gasteiger partial charge in [0, 0.05) is 17.3 Å². The fourth-order valence-corrected chi connectivity index (χ4v) is 6.25. The second kappa shape index (κ2) is 12.9. The van der Waals surface area contributed by atoms with Crippen LogP contribution in [0.15, 0.2) is 36.7 Å². The summed E-state index contributed by atoms with van der Waals surface area (Å²) < 4.78 is 0. The Hall–Kier alpha value is -1.28. The van der Waals surface area contributed by atoms with Gasteiger partial charge < -0.3 is 21.4 Å². The van der Waals surface area contributed by atoms with Crippen molar-refractivity contribution in [3.8, 4) is 11.3 Å². The van der Waals surface area contributed by atoms with Gasteiger partial charge in [-0.2, -0.15) is 0 Å². The fourth-order valence-electron chi connectivity index (χ4n) is 6.25. The summed E-state index contributed by atoms with van der Waals surface area (Å²) in [5.41, 5.74) is 18.3. The molecule has 0 amide bonds. The zero-order chi connectivity index (χ0) is 25.9. The Morgan fingerprint density at radius 3 is 1.55 bits per heavy atom. The second-order valence-corrected chi connectivity index (χ2v) is 13.7. The summed E-state index contributed by atoms with van der Waals surface area (Å²) >= 11 is 0. The minimum absolute atomic E-state index is 0. The van der Waals surface area contributed by atoms with E-state index in [0.717, 1.165) is 22.9 Å². The van der Waals surface area contributed by atoms with Crippen LogP contribution in [0.1, 0.15) is 115 Å². The molecule has 2 bridgehead atoms. The molecule has 3 saturated carbocycles. The minimum atomic E-state index is -0.121. The number of fused-ring (bicyclic) bond motifs is 3. The van der Waals surface area contributed by atoms with Gasteiger partial charge in [0.05, 0.1) is 24.0 Å². The lowest BCUT2D eigenvalue weighted by Gasteiger charge is -2.53. The number of aromatic nitrogens is 4. The molecule has 0 spiro atoms. The molecule has 2 atom stereocenters. The van der Waals surface area contributed by atoms with Crippen molar-refractivity contribution in [3.05, 3.63) is 59.6 Å². The van der Waals surface area contributed by atoms with Crippen molar-refractivity contribution >= 4 is 49.6 Å². The van der Waals surface area contributed by atoms with E-state index in [1.807, 2.05) is 6.20 Å². The molecule has 6 rings (SSSR count). The molecule has 0 radical (unpaired) electrons. The van der Waals surface area contributed by atoms with E-state index in [-0.39, 0.29) is 78.0 Å². The van der Waals surface area contributed by atoms with Crippen LogP contribution in [-0.2, 0) is 10.8 Å². The number of H-pyrrole nitrogens is 2. The van der Waals surface area contributed by atoms with Crippen molar-refractivity contribution < 1.29 is 0 Å². The van der Waals surface area contributed by atoms with Crippen molar-refractivity contribution in [1.29, 1.82) is 0 Å². The van der Waals surface area contributed by atoms with E-state index in [0.29, 0.717) is 5.41 Å². The predicted octanol–water partition coefficient (Wildman–Crippen LogP) is 8.12. The zero-order valence-electron chi connectivity index (χ0n) is 24.5. The second-order valence-electron chi connectivity index (χ2n) is 13.7. The average molecular weight is 635 g/mol. The number of nitrogens with two attached hydrogens (primary N) is 2. The number of nitrogens with one attached hydrogen (secondary N) is 2. The maximum Gasteiger partial charge on any atom is 0.124 e. The molecular formula is C30H48Cl4N6. The Balaban J connectivity index is 0.00000200. The van der Waals surface area contributed by atoms with E-state index in [1.54, 1.807) is 0 Å². The number of hydrogen-bond acceptors (Lipinski definition) is 4. The molecule has 1 aromatic carbocycles. The van der Waals surface area contributed by atoms with Crippen molar-refractivity contribution in [2.75, 3.05) is 0 Å². The van der Waals surface area contributed by atoms with Crippen LogP contribution in [0, 0.1) is 10.8 Å². The van der Waals surface area contributed by atoms with Crippen molar-refractivity contribution in [2.45, 2.75) is 103 Å². The summed E-state index contributed by atoms with van der Waals surface area (Å²) in [6, 6.07) is 8.97. The van der Waals surface area contributed by atoms with Gasteiger partial charge >= 0.3 is 0 Å². The maximum absolute atomic E-state index is 6.49. The first-order chi connectivity index (χ1) is 16.8.